The Morgan fingerprint density at radius 3 is 1.76 bits per heavy atom. The topological polar surface area (TPSA) is 127 Å². The third kappa shape index (κ3) is 10.9. The molecular formula is C17H26O8. The first kappa shape index (κ1) is 22.6. The van der Waals surface area contributed by atoms with E-state index in [-0.39, 0.29) is 45.3 Å². The molecule has 142 valence electrons. The number of carbonyl (C=O) groups excluding carboxylic acids is 2. The largest absolute Gasteiger partial charge is 0.481 e. The van der Waals surface area contributed by atoms with Crippen molar-refractivity contribution >= 4 is 23.9 Å². The van der Waals surface area contributed by atoms with E-state index >= 15 is 0 Å². The minimum atomic E-state index is -1.10. The third-order valence-electron chi connectivity index (χ3n) is 3.38. The highest BCUT2D eigenvalue weighted by molar-refractivity contribution is 5.79. The Morgan fingerprint density at radius 1 is 0.840 bits per heavy atom. The molecular weight excluding hydrogens is 332 g/mol. The van der Waals surface area contributed by atoms with Crippen molar-refractivity contribution in [1.29, 1.82) is 0 Å². The Bertz CT molecular complexity index is 483. The van der Waals surface area contributed by atoms with E-state index in [9.17, 15) is 19.2 Å². The van der Waals surface area contributed by atoms with Crippen LogP contribution in [0.2, 0.25) is 0 Å². The number of ether oxygens (including phenoxy) is 2. The lowest BCUT2D eigenvalue weighted by Gasteiger charge is -2.13. The quantitative estimate of drug-likeness (QED) is 0.378. The van der Waals surface area contributed by atoms with Gasteiger partial charge >= 0.3 is 23.9 Å². The van der Waals surface area contributed by atoms with Crippen molar-refractivity contribution in [3.05, 3.63) is 12.2 Å². The predicted molar refractivity (Wildman–Crippen MR) is 87.7 cm³/mol. The molecule has 2 unspecified atom stereocenters. The Hall–Kier alpha value is -2.38. The number of hydrogen-bond acceptors (Lipinski definition) is 6. The number of rotatable bonds is 13. The normalized spacial score (nSPS) is 13.2. The first-order valence-corrected chi connectivity index (χ1v) is 8.23. The van der Waals surface area contributed by atoms with Gasteiger partial charge in [0.25, 0.3) is 0 Å². The molecule has 25 heavy (non-hydrogen) atoms. The molecule has 0 saturated carbocycles. The van der Waals surface area contributed by atoms with E-state index in [1.54, 1.807) is 26.0 Å². The first-order chi connectivity index (χ1) is 11.8. The van der Waals surface area contributed by atoms with Crippen LogP contribution in [0, 0.1) is 11.8 Å². The van der Waals surface area contributed by atoms with Crippen LogP contribution >= 0.6 is 0 Å². The molecule has 8 heteroatoms. The first-order valence-electron chi connectivity index (χ1n) is 8.23. The van der Waals surface area contributed by atoms with E-state index in [0.717, 1.165) is 0 Å². The zero-order chi connectivity index (χ0) is 19.2. The summed E-state index contributed by atoms with van der Waals surface area (Å²) in [4.78, 5) is 45.0. The molecule has 0 aromatic carbocycles. The molecule has 2 atom stereocenters. The zero-order valence-electron chi connectivity index (χ0n) is 14.6. The van der Waals surface area contributed by atoms with E-state index in [1.807, 2.05) is 0 Å². The summed E-state index contributed by atoms with van der Waals surface area (Å²) >= 11 is 0. The summed E-state index contributed by atoms with van der Waals surface area (Å²) in [5.74, 6) is -4.54. The van der Waals surface area contributed by atoms with Gasteiger partial charge in [-0.3, -0.25) is 19.2 Å². The minimum absolute atomic E-state index is 0.148. The van der Waals surface area contributed by atoms with Gasteiger partial charge in [-0.1, -0.05) is 12.2 Å². The van der Waals surface area contributed by atoms with Crippen LogP contribution in [0.5, 0.6) is 0 Å². The molecule has 0 aliphatic heterocycles. The molecule has 8 nitrogen and oxygen atoms in total. The maximum absolute atomic E-state index is 11.8. The molecule has 0 aromatic rings. The van der Waals surface area contributed by atoms with E-state index in [4.69, 9.17) is 19.7 Å². The number of aliphatic carboxylic acids is 2. The predicted octanol–water partition coefficient (Wildman–Crippen LogP) is 2.02. The van der Waals surface area contributed by atoms with Crippen molar-refractivity contribution in [3.8, 4) is 0 Å². The number of carboxylic acid groups (broad SMARTS) is 2. The van der Waals surface area contributed by atoms with Gasteiger partial charge in [0, 0.05) is 6.42 Å². The molecule has 0 fully saturated rings. The highest BCUT2D eigenvalue weighted by Gasteiger charge is 2.22. The van der Waals surface area contributed by atoms with Crippen LogP contribution in [0.15, 0.2) is 12.2 Å². The molecule has 0 heterocycles. The number of esters is 2. The van der Waals surface area contributed by atoms with Gasteiger partial charge in [-0.05, 0) is 33.1 Å². The molecule has 0 saturated heterocycles. The molecule has 0 bridgehead atoms. The van der Waals surface area contributed by atoms with Gasteiger partial charge in [0.05, 0.1) is 31.5 Å². The van der Waals surface area contributed by atoms with Gasteiger partial charge in [0.2, 0.25) is 0 Å². The van der Waals surface area contributed by atoms with E-state index in [0.29, 0.717) is 0 Å². The van der Waals surface area contributed by atoms with E-state index < -0.39 is 35.7 Å². The fraction of sp³-hybridized carbons (Fsp3) is 0.647. The molecule has 0 aliphatic carbocycles. The molecule has 0 spiro atoms. The monoisotopic (exact) mass is 358 g/mol. The lowest BCUT2D eigenvalue weighted by Crippen LogP contribution is -2.20. The maximum Gasteiger partial charge on any atom is 0.309 e. The number of allylic oxidation sites excluding steroid dienone is 2. The molecule has 0 aliphatic rings. The van der Waals surface area contributed by atoms with Crippen LogP contribution in [0.3, 0.4) is 0 Å². The second-order valence-corrected chi connectivity index (χ2v) is 5.37. The highest BCUT2D eigenvalue weighted by Crippen LogP contribution is 2.17. The standard InChI is InChI=1S/C17H26O8/c1-3-24-16(22)12(9-10-14(18)19)7-5-6-8-13(11-15(20)21)17(23)25-4-2/h5-6,12-13H,3-4,7-11H2,1-2H3,(H,18,19)(H,20,21). The lowest BCUT2D eigenvalue weighted by molar-refractivity contribution is -0.152. The Labute approximate surface area is 146 Å². The molecule has 0 rings (SSSR count). The van der Waals surface area contributed by atoms with E-state index in [2.05, 4.69) is 0 Å². The fourth-order valence-corrected chi connectivity index (χ4v) is 2.14. The molecule has 0 radical (unpaired) electrons. The summed E-state index contributed by atoms with van der Waals surface area (Å²) in [5, 5.41) is 17.6. The van der Waals surface area contributed by atoms with Crippen molar-refractivity contribution in [2.45, 2.75) is 46.0 Å². The number of carbonyl (C=O) groups is 4. The van der Waals surface area contributed by atoms with Crippen LogP contribution in [0.1, 0.15) is 46.0 Å². The summed E-state index contributed by atoms with van der Waals surface area (Å²) in [5.41, 5.74) is 0. The number of carboxylic acids is 2. The van der Waals surface area contributed by atoms with Crippen LogP contribution in [0.25, 0.3) is 0 Å². The van der Waals surface area contributed by atoms with Crippen LogP contribution in [-0.2, 0) is 28.7 Å². The lowest BCUT2D eigenvalue weighted by atomic mass is 9.97. The number of hydrogen-bond donors (Lipinski definition) is 2. The molecule has 2 N–H and O–H groups in total. The maximum atomic E-state index is 11.8. The summed E-state index contributed by atoms with van der Waals surface area (Å²) in [7, 11) is 0. The Morgan fingerprint density at radius 2 is 1.32 bits per heavy atom. The molecule has 0 aromatic heterocycles. The van der Waals surface area contributed by atoms with Gasteiger partial charge in [0.1, 0.15) is 0 Å². The van der Waals surface area contributed by atoms with Gasteiger partial charge in [0.15, 0.2) is 0 Å². The SMILES string of the molecule is CCOC(=O)C(CC=CCC(CC(=O)O)C(=O)OCC)CCC(=O)O. The van der Waals surface area contributed by atoms with Gasteiger partial charge in [-0.2, -0.15) is 0 Å². The third-order valence-corrected chi connectivity index (χ3v) is 3.38. The second-order valence-electron chi connectivity index (χ2n) is 5.37. The van der Waals surface area contributed by atoms with Gasteiger partial charge in [-0.15, -0.1) is 0 Å². The van der Waals surface area contributed by atoms with E-state index in [1.165, 1.54) is 0 Å². The van der Waals surface area contributed by atoms with Crippen molar-refractivity contribution in [3.63, 3.8) is 0 Å². The van der Waals surface area contributed by atoms with Gasteiger partial charge in [-0.25, -0.2) is 0 Å². The smallest absolute Gasteiger partial charge is 0.309 e. The highest BCUT2D eigenvalue weighted by atomic mass is 16.5. The molecule has 0 amide bonds. The summed E-state index contributed by atoms with van der Waals surface area (Å²) < 4.78 is 9.76. The average molecular weight is 358 g/mol. The fourth-order valence-electron chi connectivity index (χ4n) is 2.14. The Balaban J connectivity index is 4.69. The van der Waals surface area contributed by atoms with Crippen LogP contribution in [-0.4, -0.2) is 47.3 Å². The Kier molecular flexibility index (Phi) is 11.7. The van der Waals surface area contributed by atoms with Crippen molar-refractivity contribution in [2.24, 2.45) is 11.8 Å². The van der Waals surface area contributed by atoms with Gasteiger partial charge < -0.3 is 19.7 Å². The zero-order valence-corrected chi connectivity index (χ0v) is 14.6. The summed E-state index contributed by atoms with van der Waals surface area (Å²) in [6.07, 6.45) is 3.32. The minimum Gasteiger partial charge on any atom is -0.481 e. The summed E-state index contributed by atoms with van der Waals surface area (Å²) in [6, 6.07) is 0. The van der Waals surface area contributed by atoms with Crippen molar-refractivity contribution in [1.82, 2.24) is 0 Å². The average Bonchev–Trinajstić information content (AvgIpc) is 2.52. The van der Waals surface area contributed by atoms with Crippen LogP contribution < -0.4 is 0 Å². The second kappa shape index (κ2) is 13.0. The van der Waals surface area contributed by atoms with Crippen molar-refractivity contribution in [2.75, 3.05) is 13.2 Å². The van der Waals surface area contributed by atoms with Crippen LogP contribution in [0.4, 0.5) is 0 Å². The van der Waals surface area contributed by atoms with Crippen molar-refractivity contribution < 1.29 is 38.9 Å². The summed E-state index contributed by atoms with van der Waals surface area (Å²) in [6.45, 7) is 3.67.